The van der Waals surface area contributed by atoms with Crippen LogP contribution in [0.5, 0.6) is 0 Å². The molecule has 1 N–H and O–H groups in total. The Balaban J connectivity index is 2.18. The van der Waals surface area contributed by atoms with Crippen molar-refractivity contribution in [2.75, 3.05) is 6.54 Å². The molecule has 1 fully saturated rings. The summed E-state index contributed by atoms with van der Waals surface area (Å²) in [4.78, 5) is 14.7. The summed E-state index contributed by atoms with van der Waals surface area (Å²) in [6.07, 6.45) is 3.53. The second-order valence-electron chi connectivity index (χ2n) is 6.03. The van der Waals surface area contributed by atoms with Gasteiger partial charge in [0, 0.05) is 18.2 Å². The van der Waals surface area contributed by atoms with E-state index in [0.717, 1.165) is 36.9 Å². The minimum Gasteiger partial charge on any atom is -0.393 e. The fourth-order valence-electron chi connectivity index (χ4n) is 2.95. The molecule has 1 amide bonds. The third-order valence-corrected chi connectivity index (χ3v) is 4.26. The first kappa shape index (κ1) is 15.0. The number of hydrogen-bond donors (Lipinski definition) is 1. The maximum atomic E-state index is 12.7. The zero-order valence-corrected chi connectivity index (χ0v) is 12.7. The molecule has 0 aliphatic carbocycles. The van der Waals surface area contributed by atoms with E-state index in [1.807, 2.05) is 30.0 Å². The van der Waals surface area contributed by atoms with E-state index in [1.165, 1.54) is 5.56 Å². The van der Waals surface area contributed by atoms with Gasteiger partial charge >= 0.3 is 0 Å². The van der Waals surface area contributed by atoms with Gasteiger partial charge in [-0.25, -0.2) is 0 Å². The van der Waals surface area contributed by atoms with Crippen molar-refractivity contribution in [1.82, 2.24) is 4.90 Å². The summed E-state index contributed by atoms with van der Waals surface area (Å²) in [5, 5.41) is 9.62. The first-order valence-corrected chi connectivity index (χ1v) is 7.55. The average molecular weight is 275 g/mol. The number of amides is 1. The maximum absolute atomic E-state index is 12.7. The SMILES string of the molecule is Cc1ccc(C(=O)N2CCCCC2CC(C)O)cc1C. The molecule has 20 heavy (non-hydrogen) atoms. The first-order chi connectivity index (χ1) is 9.49. The molecule has 110 valence electrons. The smallest absolute Gasteiger partial charge is 0.254 e. The van der Waals surface area contributed by atoms with Crippen molar-refractivity contribution < 1.29 is 9.90 Å². The second-order valence-corrected chi connectivity index (χ2v) is 6.03. The van der Waals surface area contributed by atoms with Gasteiger partial charge in [0.25, 0.3) is 5.91 Å². The van der Waals surface area contributed by atoms with Crippen molar-refractivity contribution in [2.45, 2.75) is 58.6 Å². The van der Waals surface area contributed by atoms with E-state index in [4.69, 9.17) is 0 Å². The van der Waals surface area contributed by atoms with Gasteiger partial charge in [0.2, 0.25) is 0 Å². The number of carbonyl (C=O) groups is 1. The fourth-order valence-corrected chi connectivity index (χ4v) is 2.95. The van der Waals surface area contributed by atoms with E-state index in [9.17, 15) is 9.90 Å². The molecule has 1 aromatic carbocycles. The normalized spacial score (nSPS) is 20.8. The average Bonchev–Trinajstić information content (AvgIpc) is 2.41. The van der Waals surface area contributed by atoms with E-state index >= 15 is 0 Å². The largest absolute Gasteiger partial charge is 0.393 e. The lowest BCUT2D eigenvalue weighted by Crippen LogP contribution is -2.45. The summed E-state index contributed by atoms with van der Waals surface area (Å²) in [6.45, 7) is 6.70. The van der Waals surface area contributed by atoms with E-state index in [1.54, 1.807) is 6.92 Å². The lowest BCUT2D eigenvalue weighted by molar-refractivity contribution is 0.0515. The number of aliphatic hydroxyl groups excluding tert-OH is 1. The lowest BCUT2D eigenvalue weighted by atomic mass is 9.96. The Bertz CT molecular complexity index is 482. The monoisotopic (exact) mass is 275 g/mol. The van der Waals surface area contributed by atoms with Crippen LogP contribution in [0.1, 0.15) is 54.1 Å². The molecule has 2 rings (SSSR count). The molecule has 0 saturated carbocycles. The molecular weight excluding hydrogens is 250 g/mol. The highest BCUT2D eigenvalue weighted by atomic mass is 16.3. The van der Waals surface area contributed by atoms with E-state index < -0.39 is 0 Å². The van der Waals surface area contributed by atoms with Crippen LogP contribution >= 0.6 is 0 Å². The molecule has 1 saturated heterocycles. The van der Waals surface area contributed by atoms with Crippen LogP contribution in [0.25, 0.3) is 0 Å². The van der Waals surface area contributed by atoms with Crippen molar-refractivity contribution in [3.63, 3.8) is 0 Å². The van der Waals surface area contributed by atoms with E-state index in [2.05, 4.69) is 6.92 Å². The number of piperidine rings is 1. The Morgan fingerprint density at radius 2 is 2.10 bits per heavy atom. The molecule has 3 heteroatoms. The molecule has 0 spiro atoms. The topological polar surface area (TPSA) is 40.5 Å². The predicted octanol–water partition coefficient (Wildman–Crippen LogP) is 3.07. The van der Waals surface area contributed by atoms with Gasteiger partial charge in [0.05, 0.1) is 6.10 Å². The summed E-state index contributed by atoms with van der Waals surface area (Å²) >= 11 is 0. The van der Waals surface area contributed by atoms with E-state index in [-0.39, 0.29) is 18.1 Å². The van der Waals surface area contributed by atoms with Gasteiger partial charge in [-0.2, -0.15) is 0 Å². The molecule has 2 unspecified atom stereocenters. The van der Waals surface area contributed by atoms with Crippen molar-refractivity contribution in [3.8, 4) is 0 Å². The molecule has 3 nitrogen and oxygen atoms in total. The van der Waals surface area contributed by atoms with Gasteiger partial charge < -0.3 is 10.0 Å². The number of carbonyl (C=O) groups excluding carboxylic acids is 1. The Labute approximate surface area is 121 Å². The molecular formula is C17H25NO2. The molecule has 1 aromatic rings. The number of nitrogens with zero attached hydrogens (tertiary/aromatic N) is 1. The molecule has 0 aromatic heterocycles. The fraction of sp³-hybridized carbons (Fsp3) is 0.588. The van der Waals surface area contributed by atoms with Crippen LogP contribution in [-0.4, -0.2) is 34.6 Å². The van der Waals surface area contributed by atoms with Crippen LogP contribution in [0, 0.1) is 13.8 Å². The number of hydrogen-bond acceptors (Lipinski definition) is 2. The highest BCUT2D eigenvalue weighted by molar-refractivity contribution is 5.94. The van der Waals surface area contributed by atoms with Crippen molar-refractivity contribution in [1.29, 1.82) is 0 Å². The summed E-state index contributed by atoms with van der Waals surface area (Å²) in [5.41, 5.74) is 3.13. The number of rotatable bonds is 3. The van der Waals surface area contributed by atoms with Gasteiger partial charge in [-0.3, -0.25) is 4.79 Å². The molecule has 0 bridgehead atoms. The second kappa shape index (κ2) is 6.40. The first-order valence-electron chi connectivity index (χ1n) is 7.55. The van der Waals surface area contributed by atoms with Crippen LogP contribution in [-0.2, 0) is 0 Å². The Morgan fingerprint density at radius 1 is 1.35 bits per heavy atom. The molecule has 1 aliphatic heterocycles. The zero-order chi connectivity index (χ0) is 14.7. The van der Waals surface area contributed by atoms with Crippen LogP contribution in [0.15, 0.2) is 18.2 Å². The minimum absolute atomic E-state index is 0.110. The summed E-state index contributed by atoms with van der Waals surface area (Å²) in [7, 11) is 0. The Hall–Kier alpha value is -1.35. The quantitative estimate of drug-likeness (QED) is 0.921. The van der Waals surface area contributed by atoms with Crippen molar-refractivity contribution >= 4 is 5.91 Å². The van der Waals surface area contributed by atoms with Crippen molar-refractivity contribution in [2.24, 2.45) is 0 Å². The van der Waals surface area contributed by atoms with Crippen LogP contribution < -0.4 is 0 Å². The molecule has 0 radical (unpaired) electrons. The van der Waals surface area contributed by atoms with Gasteiger partial charge in [-0.15, -0.1) is 0 Å². The van der Waals surface area contributed by atoms with Crippen molar-refractivity contribution in [3.05, 3.63) is 34.9 Å². The standard InChI is InChI=1S/C17H25NO2/c1-12-7-8-15(10-13(12)2)17(20)18-9-5-4-6-16(18)11-14(3)19/h7-8,10,14,16,19H,4-6,9,11H2,1-3H3. The molecule has 1 heterocycles. The Morgan fingerprint density at radius 3 is 2.75 bits per heavy atom. The Kier molecular flexibility index (Phi) is 4.81. The van der Waals surface area contributed by atoms with Crippen LogP contribution in [0.2, 0.25) is 0 Å². The third kappa shape index (κ3) is 3.40. The van der Waals surface area contributed by atoms with E-state index in [0.29, 0.717) is 6.42 Å². The summed E-state index contributed by atoms with van der Waals surface area (Å²) < 4.78 is 0. The van der Waals surface area contributed by atoms with Gasteiger partial charge in [-0.05, 0) is 69.7 Å². The third-order valence-electron chi connectivity index (χ3n) is 4.26. The number of benzene rings is 1. The molecule has 1 aliphatic rings. The number of aliphatic hydroxyl groups is 1. The highest BCUT2D eigenvalue weighted by Crippen LogP contribution is 2.23. The van der Waals surface area contributed by atoms with Gasteiger partial charge in [0.1, 0.15) is 0 Å². The summed E-state index contributed by atoms with van der Waals surface area (Å²) in [6, 6.07) is 6.08. The lowest BCUT2D eigenvalue weighted by Gasteiger charge is -2.36. The van der Waals surface area contributed by atoms with Gasteiger partial charge in [0.15, 0.2) is 0 Å². The van der Waals surface area contributed by atoms with Gasteiger partial charge in [-0.1, -0.05) is 6.07 Å². The molecule has 2 atom stereocenters. The number of likely N-dealkylation sites (tertiary alicyclic amines) is 1. The van der Waals surface area contributed by atoms with Crippen LogP contribution in [0.3, 0.4) is 0 Å². The maximum Gasteiger partial charge on any atom is 0.254 e. The van der Waals surface area contributed by atoms with Crippen LogP contribution in [0.4, 0.5) is 0 Å². The number of aryl methyl sites for hydroxylation is 2. The summed E-state index contributed by atoms with van der Waals surface area (Å²) in [5.74, 6) is 0.110. The highest BCUT2D eigenvalue weighted by Gasteiger charge is 2.28. The predicted molar refractivity (Wildman–Crippen MR) is 80.9 cm³/mol. The minimum atomic E-state index is -0.354. The zero-order valence-electron chi connectivity index (χ0n) is 12.7.